The summed E-state index contributed by atoms with van der Waals surface area (Å²) in [6.07, 6.45) is 9.13. The Morgan fingerprint density at radius 1 is 0.912 bits per heavy atom. The van der Waals surface area contributed by atoms with Crippen LogP contribution in [0.15, 0.2) is 59.4 Å². The van der Waals surface area contributed by atoms with Crippen LogP contribution in [0.3, 0.4) is 0 Å². The molecule has 0 saturated heterocycles. The summed E-state index contributed by atoms with van der Waals surface area (Å²) in [6.45, 7) is 1.05. The number of rotatable bonds is 15. The van der Waals surface area contributed by atoms with Crippen LogP contribution in [0.2, 0.25) is 0 Å². The normalized spacial score (nSPS) is 11.7. The molecular formula is C26H31F2NO4P+. The summed E-state index contributed by atoms with van der Waals surface area (Å²) < 4.78 is 48.9. The molecule has 0 amide bonds. The van der Waals surface area contributed by atoms with Gasteiger partial charge in [0.15, 0.2) is 0 Å². The fourth-order valence-electron chi connectivity index (χ4n) is 3.94. The van der Waals surface area contributed by atoms with Crippen molar-refractivity contribution >= 4 is 8.25 Å². The number of hydrogen-bond acceptors (Lipinski definition) is 4. The highest BCUT2D eigenvalue weighted by molar-refractivity contribution is 7.32. The van der Waals surface area contributed by atoms with Crippen LogP contribution in [0.5, 0.6) is 0 Å². The van der Waals surface area contributed by atoms with E-state index < -0.39 is 8.25 Å². The van der Waals surface area contributed by atoms with Gasteiger partial charge in [0.05, 0.1) is 12.5 Å². The maximum absolute atomic E-state index is 14.8. The lowest BCUT2D eigenvalue weighted by Crippen LogP contribution is -2.17. The van der Waals surface area contributed by atoms with Gasteiger partial charge in [0.1, 0.15) is 18.2 Å². The van der Waals surface area contributed by atoms with E-state index in [0.717, 1.165) is 60.8 Å². The molecule has 0 saturated carbocycles. The molecule has 1 atom stereocenters. The summed E-state index contributed by atoms with van der Waals surface area (Å²) in [4.78, 5) is 8.63. The standard InChI is InChI=1S/C26H30F2NO4P/c27-25-11-6-5-9-20(25)8-3-1-2-4-10-21-17-26(28)23(16-24(21)22-12-15-32-19-22)18-29-13-7-14-33-34(30)31/h5-6,9,11-12,15-17,19,29H,1-4,7-8,10,13-14,18H2/p+1. The van der Waals surface area contributed by atoms with Crippen molar-refractivity contribution in [1.29, 1.82) is 0 Å². The molecule has 3 aromatic rings. The zero-order chi connectivity index (χ0) is 24.2. The molecule has 0 spiro atoms. The van der Waals surface area contributed by atoms with Crippen molar-refractivity contribution in [3.05, 3.63) is 83.3 Å². The smallest absolute Gasteiger partial charge is 0.472 e. The lowest BCUT2D eigenvalue weighted by atomic mass is 9.94. The minimum absolute atomic E-state index is 0.146. The van der Waals surface area contributed by atoms with Crippen molar-refractivity contribution in [2.75, 3.05) is 13.2 Å². The van der Waals surface area contributed by atoms with Gasteiger partial charge in [-0.25, -0.2) is 8.78 Å². The van der Waals surface area contributed by atoms with E-state index in [-0.39, 0.29) is 18.2 Å². The summed E-state index contributed by atoms with van der Waals surface area (Å²) in [5.41, 5.74) is 4.12. The SMILES string of the molecule is O=[P+](O)OCCCNCc1cc(-c2ccoc2)c(CCCCCCc2ccccc2F)cc1F. The number of hydrogen-bond donors (Lipinski definition) is 2. The van der Waals surface area contributed by atoms with Crippen LogP contribution in [0.25, 0.3) is 11.1 Å². The Balaban J connectivity index is 1.51. The summed E-state index contributed by atoms with van der Waals surface area (Å²) in [6, 6.07) is 12.2. The van der Waals surface area contributed by atoms with Gasteiger partial charge in [-0.2, -0.15) is 0 Å². The third-order valence-corrected chi connectivity index (χ3v) is 6.12. The molecule has 0 bridgehead atoms. The Labute approximate surface area is 200 Å². The minimum atomic E-state index is -2.58. The predicted octanol–water partition coefficient (Wildman–Crippen LogP) is 6.72. The Bertz CT molecular complexity index is 1040. The summed E-state index contributed by atoms with van der Waals surface area (Å²) in [5, 5.41) is 3.15. The first-order chi connectivity index (χ1) is 16.5. The van der Waals surface area contributed by atoms with Crippen LogP contribution in [0.1, 0.15) is 48.8 Å². The first-order valence-electron chi connectivity index (χ1n) is 11.6. The molecule has 0 aliphatic carbocycles. The quantitative estimate of drug-likeness (QED) is 0.183. The zero-order valence-corrected chi connectivity index (χ0v) is 20.0. The van der Waals surface area contributed by atoms with Gasteiger partial charge in [-0.3, -0.25) is 0 Å². The van der Waals surface area contributed by atoms with Gasteiger partial charge in [0.2, 0.25) is 0 Å². The largest absolute Gasteiger partial charge is 0.694 e. The van der Waals surface area contributed by atoms with Gasteiger partial charge in [0, 0.05) is 22.2 Å². The number of nitrogens with one attached hydrogen (secondary N) is 1. The molecule has 8 heteroatoms. The third-order valence-electron chi connectivity index (χ3n) is 5.72. The van der Waals surface area contributed by atoms with Crippen LogP contribution >= 0.6 is 8.25 Å². The Morgan fingerprint density at radius 2 is 1.68 bits per heavy atom. The van der Waals surface area contributed by atoms with Gasteiger partial charge in [0.25, 0.3) is 0 Å². The molecule has 0 fully saturated rings. The van der Waals surface area contributed by atoms with Gasteiger partial charge in [-0.05, 0) is 79.6 Å². The molecule has 5 nitrogen and oxygen atoms in total. The molecule has 0 radical (unpaired) electrons. The minimum Gasteiger partial charge on any atom is -0.472 e. The van der Waals surface area contributed by atoms with E-state index in [2.05, 4.69) is 9.84 Å². The lowest BCUT2D eigenvalue weighted by Gasteiger charge is -2.13. The molecular weight excluding hydrogens is 459 g/mol. The van der Waals surface area contributed by atoms with E-state index in [1.165, 1.54) is 6.07 Å². The number of halogens is 2. The van der Waals surface area contributed by atoms with Crippen LogP contribution < -0.4 is 5.32 Å². The van der Waals surface area contributed by atoms with Gasteiger partial charge in [-0.15, -0.1) is 9.42 Å². The zero-order valence-electron chi connectivity index (χ0n) is 19.1. The monoisotopic (exact) mass is 490 g/mol. The van der Waals surface area contributed by atoms with Crippen LogP contribution in [-0.4, -0.2) is 18.0 Å². The van der Waals surface area contributed by atoms with Crippen molar-refractivity contribution in [3.8, 4) is 11.1 Å². The Hall–Kier alpha value is -2.44. The van der Waals surface area contributed by atoms with Gasteiger partial charge < -0.3 is 9.73 Å². The summed E-state index contributed by atoms with van der Waals surface area (Å²) in [7, 11) is -2.58. The third kappa shape index (κ3) is 8.41. The van der Waals surface area contributed by atoms with Crippen LogP contribution in [0.4, 0.5) is 8.78 Å². The second-order valence-electron chi connectivity index (χ2n) is 8.22. The number of furan rings is 1. The fourth-order valence-corrected chi connectivity index (χ4v) is 4.22. The number of unbranched alkanes of at least 4 members (excludes halogenated alkanes) is 3. The molecule has 2 aromatic carbocycles. The first-order valence-corrected chi connectivity index (χ1v) is 12.7. The van der Waals surface area contributed by atoms with Crippen LogP contribution in [-0.2, 0) is 28.5 Å². The van der Waals surface area contributed by atoms with Crippen molar-refractivity contribution in [3.63, 3.8) is 0 Å². The van der Waals surface area contributed by atoms with Crippen molar-refractivity contribution in [1.82, 2.24) is 5.32 Å². The van der Waals surface area contributed by atoms with E-state index in [1.807, 2.05) is 24.3 Å². The average Bonchev–Trinajstić information content (AvgIpc) is 3.35. The average molecular weight is 491 g/mol. The molecule has 1 aromatic heterocycles. The number of aryl methyl sites for hydroxylation is 2. The molecule has 1 unspecified atom stereocenters. The second-order valence-corrected chi connectivity index (χ2v) is 8.95. The fraction of sp³-hybridized carbons (Fsp3) is 0.385. The lowest BCUT2D eigenvalue weighted by molar-refractivity contribution is 0.276. The van der Waals surface area contributed by atoms with E-state index in [4.69, 9.17) is 9.31 Å². The highest BCUT2D eigenvalue weighted by atomic mass is 31.1. The second kappa shape index (κ2) is 14.1. The molecule has 1 heterocycles. The highest BCUT2D eigenvalue weighted by Crippen LogP contribution is 2.29. The van der Waals surface area contributed by atoms with Gasteiger partial charge >= 0.3 is 8.25 Å². The van der Waals surface area contributed by atoms with Crippen molar-refractivity contribution in [2.45, 2.75) is 51.5 Å². The van der Waals surface area contributed by atoms with Gasteiger partial charge in [-0.1, -0.05) is 31.0 Å². The summed E-state index contributed by atoms with van der Waals surface area (Å²) in [5.74, 6) is -0.406. The number of benzene rings is 2. The molecule has 2 N–H and O–H groups in total. The van der Waals surface area contributed by atoms with Crippen molar-refractivity contribution in [2.24, 2.45) is 0 Å². The van der Waals surface area contributed by atoms with E-state index >= 15 is 0 Å². The molecule has 34 heavy (non-hydrogen) atoms. The summed E-state index contributed by atoms with van der Waals surface area (Å²) >= 11 is 0. The maximum Gasteiger partial charge on any atom is 0.694 e. The van der Waals surface area contributed by atoms with Crippen molar-refractivity contribution < 1.29 is 27.2 Å². The maximum atomic E-state index is 14.8. The Morgan fingerprint density at radius 3 is 2.38 bits per heavy atom. The van der Waals surface area contributed by atoms with E-state index in [1.54, 1.807) is 24.7 Å². The predicted molar refractivity (Wildman–Crippen MR) is 128 cm³/mol. The van der Waals surface area contributed by atoms with Crippen LogP contribution in [0, 0.1) is 11.6 Å². The molecule has 0 aliphatic rings. The van der Waals surface area contributed by atoms with E-state index in [9.17, 15) is 13.3 Å². The molecule has 0 aliphatic heterocycles. The first kappa shape index (κ1) is 26.2. The Kier molecular flexibility index (Phi) is 10.8. The van der Waals surface area contributed by atoms with E-state index in [0.29, 0.717) is 25.1 Å². The molecule has 182 valence electrons. The molecule has 3 rings (SSSR count). The topological polar surface area (TPSA) is 71.7 Å². The highest BCUT2D eigenvalue weighted by Gasteiger charge is 2.13.